The van der Waals surface area contributed by atoms with Crippen molar-refractivity contribution < 1.29 is 9.18 Å². The van der Waals surface area contributed by atoms with Crippen LogP contribution in [0.3, 0.4) is 0 Å². The second-order valence-electron chi connectivity index (χ2n) is 2.70. The van der Waals surface area contributed by atoms with Crippen LogP contribution in [0, 0.1) is 9.39 Å². The summed E-state index contributed by atoms with van der Waals surface area (Å²) in [6.45, 7) is 1.41. The van der Waals surface area contributed by atoms with Crippen LogP contribution in [0.5, 0.6) is 0 Å². The molecule has 0 aliphatic rings. The highest BCUT2D eigenvalue weighted by molar-refractivity contribution is 14.1. The molecule has 0 saturated carbocycles. The van der Waals surface area contributed by atoms with E-state index < -0.39 is 0 Å². The third-order valence-corrected chi connectivity index (χ3v) is 2.75. The minimum Gasteiger partial charge on any atom is -0.300 e. The predicted molar refractivity (Wildman–Crippen MR) is 58.5 cm³/mol. The van der Waals surface area contributed by atoms with Crippen molar-refractivity contribution in [1.82, 2.24) is 0 Å². The van der Waals surface area contributed by atoms with E-state index in [1.54, 1.807) is 12.1 Å². The van der Waals surface area contributed by atoms with Crippen molar-refractivity contribution in [3.05, 3.63) is 32.1 Å². The maximum Gasteiger partial charge on any atom is 0.141 e. The Hall–Kier alpha value is -0.160. The Morgan fingerprint density at radius 3 is 2.77 bits per heavy atom. The number of ketones is 1. The molecule has 70 valence electrons. The summed E-state index contributed by atoms with van der Waals surface area (Å²) in [6.07, 6.45) is 0.0571. The van der Waals surface area contributed by atoms with Crippen LogP contribution < -0.4 is 0 Å². The molecule has 0 radical (unpaired) electrons. The van der Waals surface area contributed by atoms with Gasteiger partial charge in [0, 0.05) is 20.6 Å². The number of hydrogen-bond acceptors (Lipinski definition) is 1. The third kappa shape index (κ3) is 2.64. The van der Waals surface area contributed by atoms with E-state index in [0.29, 0.717) is 14.2 Å². The summed E-state index contributed by atoms with van der Waals surface area (Å²) >= 11 is 7.62. The molecule has 0 bridgehead atoms. The average molecular weight is 313 g/mol. The van der Waals surface area contributed by atoms with Gasteiger partial charge in [-0.15, -0.1) is 0 Å². The molecule has 4 heteroatoms. The minimum absolute atomic E-state index is 0.0571. The Labute approximate surface area is 94.4 Å². The number of carbonyl (C=O) groups excluding carboxylic acids is 1. The van der Waals surface area contributed by atoms with Crippen LogP contribution in [0.2, 0.25) is 5.02 Å². The lowest BCUT2D eigenvalue weighted by molar-refractivity contribution is -0.116. The highest BCUT2D eigenvalue weighted by atomic mass is 127. The van der Waals surface area contributed by atoms with E-state index in [2.05, 4.69) is 0 Å². The molecule has 0 fully saturated rings. The zero-order valence-electron chi connectivity index (χ0n) is 6.90. The second kappa shape index (κ2) is 4.37. The highest BCUT2D eigenvalue weighted by Gasteiger charge is 2.12. The van der Waals surface area contributed by atoms with Gasteiger partial charge in [-0.1, -0.05) is 11.6 Å². The zero-order valence-corrected chi connectivity index (χ0v) is 9.82. The van der Waals surface area contributed by atoms with Gasteiger partial charge in [-0.2, -0.15) is 0 Å². The Morgan fingerprint density at radius 2 is 2.23 bits per heavy atom. The van der Waals surface area contributed by atoms with Gasteiger partial charge in [0.05, 0.1) is 0 Å². The van der Waals surface area contributed by atoms with Crippen molar-refractivity contribution in [2.75, 3.05) is 0 Å². The molecule has 0 aliphatic carbocycles. The van der Waals surface area contributed by atoms with E-state index in [4.69, 9.17) is 11.6 Å². The SMILES string of the molecule is CC(=O)Cc1c(Cl)ccc(I)c1F. The van der Waals surface area contributed by atoms with Crippen molar-refractivity contribution in [3.63, 3.8) is 0 Å². The fourth-order valence-corrected chi connectivity index (χ4v) is 1.70. The third-order valence-electron chi connectivity index (χ3n) is 1.56. The smallest absolute Gasteiger partial charge is 0.141 e. The first-order valence-electron chi connectivity index (χ1n) is 3.64. The van der Waals surface area contributed by atoms with E-state index in [1.807, 2.05) is 22.6 Å². The molecule has 0 N–H and O–H groups in total. The predicted octanol–water partition coefficient (Wildman–Crippen LogP) is 3.22. The summed E-state index contributed by atoms with van der Waals surface area (Å²) in [5.41, 5.74) is 0.293. The maximum absolute atomic E-state index is 13.4. The lowest BCUT2D eigenvalue weighted by Gasteiger charge is -2.04. The van der Waals surface area contributed by atoms with Crippen molar-refractivity contribution in [2.24, 2.45) is 0 Å². The molecule has 0 aromatic heterocycles. The van der Waals surface area contributed by atoms with Gasteiger partial charge in [-0.05, 0) is 41.6 Å². The highest BCUT2D eigenvalue weighted by Crippen LogP contribution is 2.23. The average Bonchev–Trinajstić information content (AvgIpc) is 2.05. The standard InChI is InChI=1S/C9H7ClFIO/c1-5(13)4-6-7(10)2-3-8(12)9(6)11/h2-3H,4H2,1H3. The van der Waals surface area contributed by atoms with Crippen molar-refractivity contribution >= 4 is 40.0 Å². The molecule has 1 aromatic rings. The first-order valence-corrected chi connectivity index (χ1v) is 5.10. The topological polar surface area (TPSA) is 17.1 Å². The molecule has 0 amide bonds. The molecule has 13 heavy (non-hydrogen) atoms. The van der Waals surface area contributed by atoms with Crippen molar-refractivity contribution in [2.45, 2.75) is 13.3 Å². The lowest BCUT2D eigenvalue weighted by atomic mass is 10.1. The molecule has 1 aromatic carbocycles. The van der Waals surface area contributed by atoms with E-state index in [0.717, 1.165) is 0 Å². The van der Waals surface area contributed by atoms with Crippen LogP contribution in [0.4, 0.5) is 4.39 Å². The molecule has 0 saturated heterocycles. The number of hydrogen-bond donors (Lipinski definition) is 0. The van der Waals surface area contributed by atoms with Crippen molar-refractivity contribution in [3.8, 4) is 0 Å². The summed E-state index contributed by atoms with van der Waals surface area (Å²) in [5.74, 6) is -0.480. The largest absolute Gasteiger partial charge is 0.300 e. The summed E-state index contributed by atoms with van der Waals surface area (Å²) in [5, 5.41) is 0.313. The van der Waals surface area contributed by atoms with Gasteiger partial charge in [-0.3, -0.25) is 4.79 Å². The quantitative estimate of drug-likeness (QED) is 0.605. The zero-order chi connectivity index (χ0) is 10.0. The van der Waals surface area contributed by atoms with E-state index >= 15 is 0 Å². The molecule has 0 atom stereocenters. The van der Waals surface area contributed by atoms with Crippen LogP contribution in [-0.2, 0) is 11.2 Å². The number of benzene rings is 1. The summed E-state index contributed by atoms with van der Waals surface area (Å²) in [4.78, 5) is 10.8. The maximum atomic E-state index is 13.4. The van der Waals surface area contributed by atoms with Crippen LogP contribution in [-0.4, -0.2) is 5.78 Å². The van der Waals surface area contributed by atoms with Gasteiger partial charge >= 0.3 is 0 Å². The van der Waals surface area contributed by atoms with Gasteiger partial charge in [0.1, 0.15) is 11.6 Å². The van der Waals surface area contributed by atoms with Crippen LogP contribution in [0.25, 0.3) is 0 Å². The monoisotopic (exact) mass is 312 g/mol. The fraction of sp³-hybridized carbons (Fsp3) is 0.222. The Morgan fingerprint density at radius 1 is 1.62 bits per heavy atom. The molecule has 1 rings (SSSR count). The molecule has 0 unspecified atom stereocenters. The second-order valence-corrected chi connectivity index (χ2v) is 4.27. The Kier molecular flexibility index (Phi) is 3.67. The summed E-state index contributed by atoms with van der Waals surface area (Å²) in [6, 6.07) is 3.19. The van der Waals surface area contributed by atoms with Gasteiger partial charge in [0.25, 0.3) is 0 Å². The lowest BCUT2D eigenvalue weighted by Crippen LogP contribution is -2.01. The Balaban J connectivity index is 3.17. The van der Waals surface area contributed by atoms with Crippen molar-refractivity contribution in [1.29, 1.82) is 0 Å². The van der Waals surface area contributed by atoms with Crippen LogP contribution in [0.1, 0.15) is 12.5 Å². The van der Waals surface area contributed by atoms with Gasteiger partial charge in [0.2, 0.25) is 0 Å². The number of carbonyl (C=O) groups is 1. The molecule has 0 heterocycles. The fourth-order valence-electron chi connectivity index (χ4n) is 0.980. The summed E-state index contributed by atoms with van der Waals surface area (Å²) in [7, 11) is 0. The van der Waals surface area contributed by atoms with Gasteiger partial charge in [-0.25, -0.2) is 4.39 Å². The van der Waals surface area contributed by atoms with Gasteiger partial charge < -0.3 is 0 Å². The van der Waals surface area contributed by atoms with E-state index in [9.17, 15) is 9.18 Å². The molecular weight excluding hydrogens is 305 g/mol. The number of Topliss-reactive ketones (excluding diaryl/α,β-unsaturated/α-hetero) is 1. The molecule has 0 spiro atoms. The van der Waals surface area contributed by atoms with Gasteiger partial charge in [0.15, 0.2) is 0 Å². The normalized spacial score (nSPS) is 10.2. The minimum atomic E-state index is -0.386. The molecule has 0 aliphatic heterocycles. The first-order chi connectivity index (χ1) is 6.02. The van der Waals surface area contributed by atoms with Crippen LogP contribution in [0.15, 0.2) is 12.1 Å². The summed E-state index contributed by atoms with van der Waals surface area (Å²) < 4.78 is 13.9. The molecule has 1 nitrogen and oxygen atoms in total. The first kappa shape index (κ1) is 10.9. The number of rotatable bonds is 2. The van der Waals surface area contributed by atoms with Crippen LogP contribution >= 0.6 is 34.2 Å². The Bertz CT molecular complexity index is 352. The van der Waals surface area contributed by atoms with E-state index in [-0.39, 0.29) is 18.0 Å². The number of halogens is 3. The van der Waals surface area contributed by atoms with E-state index in [1.165, 1.54) is 6.92 Å². The molecular formula is C9H7ClFIO.